The molecule has 10 nitrogen and oxygen atoms in total. The van der Waals surface area contributed by atoms with Crippen LogP contribution in [0.4, 0.5) is 4.39 Å². The molecule has 1 aliphatic rings. The third-order valence-corrected chi connectivity index (χ3v) is 7.24. The van der Waals surface area contributed by atoms with Gasteiger partial charge in [-0.25, -0.2) is 4.39 Å². The van der Waals surface area contributed by atoms with Gasteiger partial charge in [0.05, 0.1) is 32.3 Å². The summed E-state index contributed by atoms with van der Waals surface area (Å²) in [5, 5.41) is 14.6. The van der Waals surface area contributed by atoms with E-state index in [1.165, 1.54) is 18.4 Å². The first-order valence-corrected chi connectivity index (χ1v) is 13.1. The van der Waals surface area contributed by atoms with Gasteiger partial charge in [-0.05, 0) is 31.5 Å². The lowest BCUT2D eigenvalue weighted by Gasteiger charge is -2.25. The third-order valence-electron chi connectivity index (χ3n) is 6.13. The van der Waals surface area contributed by atoms with Crippen molar-refractivity contribution < 1.29 is 28.2 Å². The molecule has 1 aromatic heterocycles. The Morgan fingerprint density at radius 1 is 1.32 bits per heavy atom. The molecule has 1 fully saturated rings. The second-order valence-corrected chi connectivity index (χ2v) is 10.2. The van der Waals surface area contributed by atoms with Gasteiger partial charge in [0.1, 0.15) is 17.6 Å². The fraction of sp³-hybridized carbons (Fsp3) is 0.462. The number of alkyl halides is 1. The molecule has 5 N–H and O–H groups in total. The SMILES string of the molecule is COC[C@@]1(F)C[C@@H](C(=O)NC(C)c2cc(C(=N)N)cs2)N(C(=O)CNC(=O)CCCOc2ccccc2)C1. The van der Waals surface area contributed by atoms with Crippen LogP contribution < -0.4 is 21.1 Å². The number of nitrogens with two attached hydrogens (primary N) is 1. The summed E-state index contributed by atoms with van der Waals surface area (Å²) in [6.45, 7) is 1.16. The first kappa shape index (κ1) is 29.1. The zero-order valence-corrected chi connectivity index (χ0v) is 22.3. The Morgan fingerprint density at radius 2 is 2.05 bits per heavy atom. The first-order chi connectivity index (χ1) is 18.1. The fourth-order valence-electron chi connectivity index (χ4n) is 4.20. The lowest BCUT2D eigenvalue weighted by molar-refractivity contribution is -0.139. The summed E-state index contributed by atoms with van der Waals surface area (Å²) in [5.74, 6) is -0.779. The number of amidine groups is 1. The predicted molar refractivity (Wildman–Crippen MR) is 142 cm³/mol. The third kappa shape index (κ3) is 7.99. The van der Waals surface area contributed by atoms with Gasteiger partial charge in [0.25, 0.3) is 0 Å². The number of hydrogen-bond donors (Lipinski definition) is 4. The highest BCUT2D eigenvalue weighted by Crippen LogP contribution is 2.32. The van der Waals surface area contributed by atoms with Gasteiger partial charge in [-0.3, -0.25) is 19.8 Å². The van der Waals surface area contributed by atoms with Gasteiger partial charge >= 0.3 is 0 Å². The Bertz CT molecular complexity index is 1130. The van der Waals surface area contributed by atoms with Crippen molar-refractivity contribution in [1.29, 1.82) is 5.41 Å². The standard InChI is InChI=1S/C26H34FN5O5S/c1-17(21-11-18(14-38-21)24(28)29)31-25(35)20-12-26(27,16-36-2)15-32(20)23(34)13-30-22(33)9-6-10-37-19-7-4-3-5-8-19/h3-5,7-8,11,14,17,20H,6,9-10,12-13,15-16H2,1-2H3,(H3,28,29)(H,30,33)(H,31,35)/t17?,20-,26+/m0/s1. The molecule has 2 aromatic rings. The molecule has 1 aliphatic heterocycles. The van der Waals surface area contributed by atoms with E-state index >= 15 is 4.39 Å². The number of carbonyl (C=O) groups excluding carboxylic acids is 3. The number of methoxy groups -OCH3 is 1. The van der Waals surface area contributed by atoms with E-state index < -0.39 is 29.6 Å². The van der Waals surface area contributed by atoms with Crippen molar-refractivity contribution in [2.24, 2.45) is 5.73 Å². The van der Waals surface area contributed by atoms with E-state index in [0.29, 0.717) is 24.3 Å². The van der Waals surface area contributed by atoms with Gasteiger partial charge in [0, 0.05) is 35.8 Å². The van der Waals surface area contributed by atoms with E-state index in [-0.39, 0.29) is 44.3 Å². The fourth-order valence-corrected chi connectivity index (χ4v) is 5.12. The first-order valence-electron chi connectivity index (χ1n) is 12.3. The second kappa shape index (κ2) is 13.3. The summed E-state index contributed by atoms with van der Waals surface area (Å²) >= 11 is 1.34. The van der Waals surface area contributed by atoms with Crippen molar-refractivity contribution in [3.63, 3.8) is 0 Å². The highest BCUT2D eigenvalue weighted by molar-refractivity contribution is 7.10. The number of carbonyl (C=O) groups is 3. The molecule has 1 unspecified atom stereocenters. The molecule has 1 aromatic carbocycles. The van der Waals surface area contributed by atoms with Crippen LogP contribution in [0.15, 0.2) is 41.8 Å². The molecule has 3 atom stereocenters. The average Bonchev–Trinajstić information content (AvgIpc) is 3.52. The number of rotatable bonds is 13. The van der Waals surface area contributed by atoms with E-state index in [2.05, 4.69) is 10.6 Å². The van der Waals surface area contributed by atoms with Gasteiger partial charge in [0.2, 0.25) is 17.7 Å². The van der Waals surface area contributed by atoms with E-state index in [9.17, 15) is 14.4 Å². The van der Waals surface area contributed by atoms with Crippen molar-refractivity contribution in [1.82, 2.24) is 15.5 Å². The predicted octanol–water partition coefficient (Wildman–Crippen LogP) is 2.14. The number of nitrogen functional groups attached to an aromatic ring is 1. The van der Waals surface area contributed by atoms with E-state index in [1.54, 1.807) is 18.4 Å². The molecule has 0 radical (unpaired) electrons. The zero-order chi connectivity index (χ0) is 27.7. The van der Waals surface area contributed by atoms with Gasteiger partial charge in [-0.1, -0.05) is 18.2 Å². The average molecular weight is 548 g/mol. The Kier molecular flexibility index (Phi) is 10.2. The van der Waals surface area contributed by atoms with Crippen LogP contribution in [0, 0.1) is 5.41 Å². The highest BCUT2D eigenvalue weighted by atomic mass is 32.1. The molecule has 1 saturated heterocycles. The summed E-state index contributed by atoms with van der Waals surface area (Å²) in [6, 6.07) is 9.43. The van der Waals surface area contributed by atoms with Crippen molar-refractivity contribution in [3.05, 3.63) is 52.2 Å². The van der Waals surface area contributed by atoms with Gasteiger partial charge in [-0.15, -0.1) is 11.3 Å². The Morgan fingerprint density at radius 3 is 2.71 bits per heavy atom. The monoisotopic (exact) mass is 547 g/mol. The van der Waals surface area contributed by atoms with E-state index in [0.717, 1.165) is 9.78 Å². The highest BCUT2D eigenvalue weighted by Gasteiger charge is 2.49. The van der Waals surface area contributed by atoms with Gasteiger partial charge in [-0.2, -0.15) is 0 Å². The van der Waals surface area contributed by atoms with Crippen LogP contribution >= 0.6 is 11.3 Å². The second-order valence-electron chi connectivity index (χ2n) is 9.25. The van der Waals surface area contributed by atoms with Crippen molar-refractivity contribution >= 4 is 34.9 Å². The summed E-state index contributed by atoms with van der Waals surface area (Å²) in [6.07, 6.45) is 0.386. The molecular weight excluding hydrogens is 513 g/mol. The molecule has 206 valence electrons. The number of nitrogens with zero attached hydrogens (tertiary/aromatic N) is 1. The summed E-state index contributed by atoms with van der Waals surface area (Å²) in [5.41, 5.74) is 4.17. The molecule has 3 amide bonds. The van der Waals surface area contributed by atoms with Crippen LogP contribution in [-0.2, 0) is 19.1 Å². The van der Waals surface area contributed by atoms with Crippen LogP contribution in [0.5, 0.6) is 5.75 Å². The van der Waals surface area contributed by atoms with Crippen LogP contribution in [-0.4, -0.2) is 73.6 Å². The normalized spacial score (nSPS) is 19.6. The summed E-state index contributed by atoms with van der Waals surface area (Å²) in [7, 11) is 1.36. The maximum Gasteiger partial charge on any atom is 0.243 e. The number of likely N-dealkylation sites (tertiary alicyclic amines) is 1. The minimum Gasteiger partial charge on any atom is -0.494 e. The quantitative estimate of drug-likeness (QED) is 0.172. The van der Waals surface area contributed by atoms with Crippen molar-refractivity contribution in [2.45, 2.75) is 43.9 Å². The Labute approximate surface area is 225 Å². The van der Waals surface area contributed by atoms with Crippen molar-refractivity contribution in [3.8, 4) is 5.75 Å². The minimum absolute atomic E-state index is 0.0777. The molecule has 0 saturated carbocycles. The van der Waals surface area contributed by atoms with Gasteiger partial charge < -0.3 is 30.7 Å². The Hall–Kier alpha value is -3.51. The van der Waals surface area contributed by atoms with E-state index in [4.69, 9.17) is 20.6 Å². The zero-order valence-electron chi connectivity index (χ0n) is 21.5. The maximum absolute atomic E-state index is 15.4. The number of hydrogen-bond acceptors (Lipinski definition) is 7. The molecular formula is C26H34FN5O5S. The van der Waals surface area contributed by atoms with Crippen LogP contribution in [0.3, 0.4) is 0 Å². The molecule has 12 heteroatoms. The number of nitrogens with one attached hydrogen (secondary N) is 3. The number of halogens is 1. The summed E-state index contributed by atoms with van der Waals surface area (Å²) in [4.78, 5) is 40.3. The van der Waals surface area contributed by atoms with E-state index in [1.807, 2.05) is 30.3 Å². The van der Waals surface area contributed by atoms with Crippen LogP contribution in [0.1, 0.15) is 42.7 Å². The molecule has 0 aliphatic carbocycles. The molecule has 3 rings (SSSR count). The molecule has 0 spiro atoms. The lowest BCUT2D eigenvalue weighted by Crippen LogP contribution is -2.49. The van der Waals surface area contributed by atoms with Crippen LogP contribution in [0.2, 0.25) is 0 Å². The molecule has 2 heterocycles. The smallest absolute Gasteiger partial charge is 0.243 e. The summed E-state index contributed by atoms with van der Waals surface area (Å²) < 4.78 is 25.9. The number of amides is 3. The Balaban J connectivity index is 1.54. The molecule has 0 bridgehead atoms. The van der Waals surface area contributed by atoms with Crippen molar-refractivity contribution in [2.75, 3.05) is 33.4 Å². The largest absolute Gasteiger partial charge is 0.494 e. The topological polar surface area (TPSA) is 147 Å². The lowest BCUT2D eigenvalue weighted by atomic mass is 10.0. The van der Waals surface area contributed by atoms with Gasteiger partial charge in [0.15, 0.2) is 5.67 Å². The van der Waals surface area contributed by atoms with Crippen LogP contribution in [0.25, 0.3) is 0 Å². The molecule has 38 heavy (non-hydrogen) atoms. The number of ether oxygens (including phenoxy) is 2. The number of benzene rings is 1. The maximum atomic E-state index is 15.4. The minimum atomic E-state index is -1.89. The number of para-hydroxylation sites is 1. The number of thiophene rings is 1.